The van der Waals surface area contributed by atoms with Gasteiger partial charge >= 0.3 is 0 Å². The Morgan fingerprint density at radius 3 is 2.35 bits per heavy atom. The summed E-state index contributed by atoms with van der Waals surface area (Å²) in [5, 5.41) is 1.09. The van der Waals surface area contributed by atoms with Crippen molar-refractivity contribution in [3.8, 4) is 11.3 Å². The number of fused-ring (bicyclic) bond motifs is 1. The molecule has 0 fully saturated rings. The van der Waals surface area contributed by atoms with E-state index in [1.165, 1.54) is 0 Å². The van der Waals surface area contributed by atoms with Gasteiger partial charge in [-0.1, -0.05) is 36.4 Å². The zero-order valence-corrected chi connectivity index (χ0v) is 12.0. The summed E-state index contributed by atoms with van der Waals surface area (Å²) in [4.78, 5) is 11.3. The molecule has 3 rings (SSSR count). The molecule has 2 aromatic carbocycles. The van der Waals surface area contributed by atoms with E-state index < -0.39 is 0 Å². The zero-order chi connectivity index (χ0) is 14.1. The standard InChI is InChI=1S/C17H17N3/c1-12-18-15-10-6-4-8-13(15)17(19-12)14-9-5-7-11-16(14)20(2)3/h4-11H,1-3H3. The van der Waals surface area contributed by atoms with Crippen LogP contribution in [0.2, 0.25) is 0 Å². The summed E-state index contributed by atoms with van der Waals surface area (Å²) in [7, 11) is 4.10. The van der Waals surface area contributed by atoms with Crippen molar-refractivity contribution < 1.29 is 0 Å². The van der Waals surface area contributed by atoms with Crippen molar-refractivity contribution >= 4 is 16.6 Å². The first-order valence-electron chi connectivity index (χ1n) is 6.67. The number of aryl methyl sites for hydroxylation is 1. The van der Waals surface area contributed by atoms with Crippen LogP contribution in [0.1, 0.15) is 5.82 Å². The van der Waals surface area contributed by atoms with Crippen LogP contribution in [-0.4, -0.2) is 24.1 Å². The Morgan fingerprint density at radius 1 is 0.850 bits per heavy atom. The molecular formula is C17H17N3. The van der Waals surface area contributed by atoms with Crippen molar-refractivity contribution in [1.82, 2.24) is 9.97 Å². The summed E-state index contributed by atoms with van der Waals surface area (Å²) in [5.74, 6) is 0.798. The maximum atomic E-state index is 4.68. The average molecular weight is 263 g/mol. The van der Waals surface area contributed by atoms with Crippen LogP contribution in [0, 0.1) is 6.92 Å². The molecule has 3 nitrogen and oxygen atoms in total. The van der Waals surface area contributed by atoms with Gasteiger partial charge in [0.05, 0.1) is 11.2 Å². The first-order chi connectivity index (χ1) is 9.66. The molecule has 0 radical (unpaired) electrons. The lowest BCUT2D eigenvalue weighted by molar-refractivity contribution is 1.09. The molecule has 3 aromatic rings. The monoisotopic (exact) mass is 263 g/mol. The van der Waals surface area contributed by atoms with Gasteiger partial charge in [0, 0.05) is 30.7 Å². The number of benzene rings is 2. The van der Waals surface area contributed by atoms with Gasteiger partial charge in [-0.15, -0.1) is 0 Å². The average Bonchev–Trinajstić information content (AvgIpc) is 2.46. The Kier molecular flexibility index (Phi) is 3.11. The molecule has 1 heterocycles. The van der Waals surface area contributed by atoms with Crippen LogP contribution in [0.4, 0.5) is 5.69 Å². The fourth-order valence-corrected chi connectivity index (χ4v) is 2.46. The van der Waals surface area contributed by atoms with E-state index in [1.807, 2.05) is 25.1 Å². The van der Waals surface area contributed by atoms with Crippen LogP contribution < -0.4 is 4.90 Å². The van der Waals surface area contributed by atoms with Crippen molar-refractivity contribution in [3.63, 3.8) is 0 Å². The Hall–Kier alpha value is -2.42. The Bertz CT molecular complexity index is 763. The SMILES string of the molecule is Cc1nc(-c2ccccc2N(C)C)c2ccccc2n1. The first kappa shape index (κ1) is 12.6. The quantitative estimate of drug-likeness (QED) is 0.706. The largest absolute Gasteiger partial charge is 0.377 e. The number of hydrogen-bond acceptors (Lipinski definition) is 3. The molecule has 3 heteroatoms. The maximum Gasteiger partial charge on any atom is 0.126 e. The second-order valence-corrected chi connectivity index (χ2v) is 5.05. The van der Waals surface area contributed by atoms with E-state index >= 15 is 0 Å². The fraction of sp³-hybridized carbons (Fsp3) is 0.176. The van der Waals surface area contributed by atoms with Gasteiger partial charge in [-0.25, -0.2) is 9.97 Å². The minimum absolute atomic E-state index is 0.798. The Labute approximate surface area is 118 Å². The van der Waals surface area contributed by atoms with Gasteiger partial charge < -0.3 is 4.90 Å². The Balaban J connectivity index is 2.35. The molecule has 0 unspecified atom stereocenters. The van der Waals surface area contributed by atoms with Gasteiger partial charge in [-0.3, -0.25) is 0 Å². The molecule has 100 valence electrons. The van der Waals surface area contributed by atoms with Crippen LogP contribution in [-0.2, 0) is 0 Å². The van der Waals surface area contributed by atoms with E-state index in [1.54, 1.807) is 0 Å². The van der Waals surface area contributed by atoms with Crippen LogP contribution in [0.5, 0.6) is 0 Å². The van der Waals surface area contributed by atoms with Crippen molar-refractivity contribution in [3.05, 3.63) is 54.4 Å². The summed E-state index contributed by atoms with van der Waals surface area (Å²) >= 11 is 0. The van der Waals surface area contributed by atoms with E-state index in [2.05, 4.69) is 59.3 Å². The highest BCUT2D eigenvalue weighted by Crippen LogP contribution is 2.32. The summed E-state index contributed by atoms with van der Waals surface area (Å²) in [6.07, 6.45) is 0. The molecule has 0 aliphatic carbocycles. The lowest BCUT2D eigenvalue weighted by Crippen LogP contribution is -2.10. The normalized spacial score (nSPS) is 10.8. The molecule has 1 aromatic heterocycles. The number of nitrogens with zero attached hydrogens (tertiary/aromatic N) is 3. The molecule has 0 aliphatic heterocycles. The summed E-state index contributed by atoms with van der Waals surface area (Å²) in [6.45, 7) is 1.94. The molecule has 0 aliphatic rings. The van der Waals surface area contributed by atoms with Gasteiger partial charge in [-0.05, 0) is 19.1 Å². The zero-order valence-electron chi connectivity index (χ0n) is 12.0. The van der Waals surface area contributed by atoms with Crippen LogP contribution in [0.25, 0.3) is 22.2 Å². The van der Waals surface area contributed by atoms with E-state index in [-0.39, 0.29) is 0 Å². The molecule has 0 amide bonds. The third kappa shape index (κ3) is 2.11. The number of hydrogen-bond donors (Lipinski definition) is 0. The number of rotatable bonds is 2. The smallest absolute Gasteiger partial charge is 0.126 e. The molecule has 0 saturated heterocycles. The van der Waals surface area contributed by atoms with Crippen LogP contribution in [0.3, 0.4) is 0 Å². The lowest BCUT2D eigenvalue weighted by atomic mass is 10.0. The van der Waals surface area contributed by atoms with Gasteiger partial charge in [0.2, 0.25) is 0 Å². The van der Waals surface area contributed by atoms with Gasteiger partial charge in [-0.2, -0.15) is 0 Å². The summed E-state index contributed by atoms with van der Waals surface area (Å²) < 4.78 is 0. The summed E-state index contributed by atoms with van der Waals surface area (Å²) in [6, 6.07) is 16.5. The lowest BCUT2D eigenvalue weighted by Gasteiger charge is -2.18. The number of anilines is 1. The van der Waals surface area contributed by atoms with Crippen molar-refractivity contribution in [1.29, 1.82) is 0 Å². The van der Waals surface area contributed by atoms with E-state index in [0.717, 1.165) is 33.7 Å². The number of aromatic nitrogens is 2. The van der Waals surface area contributed by atoms with Gasteiger partial charge in [0.1, 0.15) is 5.82 Å². The predicted molar refractivity (Wildman–Crippen MR) is 84.0 cm³/mol. The van der Waals surface area contributed by atoms with Gasteiger partial charge in [0.15, 0.2) is 0 Å². The molecular weight excluding hydrogens is 246 g/mol. The van der Waals surface area contributed by atoms with Gasteiger partial charge in [0.25, 0.3) is 0 Å². The topological polar surface area (TPSA) is 29.0 Å². The van der Waals surface area contributed by atoms with E-state index in [0.29, 0.717) is 0 Å². The fourth-order valence-electron chi connectivity index (χ4n) is 2.46. The van der Waals surface area contributed by atoms with Crippen molar-refractivity contribution in [2.75, 3.05) is 19.0 Å². The van der Waals surface area contributed by atoms with E-state index in [4.69, 9.17) is 0 Å². The third-order valence-electron chi connectivity index (χ3n) is 3.36. The minimum Gasteiger partial charge on any atom is -0.377 e. The minimum atomic E-state index is 0.798. The Morgan fingerprint density at radius 2 is 1.55 bits per heavy atom. The second kappa shape index (κ2) is 4.93. The highest BCUT2D eigenvalue weighted by atomic mass is 15.1. The highest BCUT2D eigenvalue weighted by molar-refractivity contribution is 5.95. The van der Waals surface area contributed by atoms with Crippen LogP contribution >= 0.6 is 0 Å². The van der Waals surface area contributed by atoms with Crippen molar-refractivity contribution in [2.24, 2.45) is 0 Å². The molecule has 0 saturated carbocycles. The van der Waals surface area contributed by atoms with Crippen LogP contribution in [0.15, 0.2) is 48.5 Å². The molecule has 0 N–H and O–H groups in total. The molecule has 0 bridgehead atoms. The van der Waals surface area contributed by atoms with E-state index in [9.17, 15) is 0 Å². The molecule has 0 atom stereocenters. The number of para-hydroxylation sites is 2. The highest BCUT2D eigenvalue weighted by Gasteiger charge is 2.12. The third-order valence-corrected chi connectivity index (χ3v) is 3.36. The molecule has 20 heavy (non-hydrogen) atoms. The summed E-state index contributed by atoms with van der Waals surface area (Å²) in [5.41, 5.74) is 4.29. The maximum absolute atomic E-state index is 4.68. The van der Waals surface area contributed by atoms with Crippen molar-refractivity contribution in [2.45, 2.75) is 6.92 Å². The molecule has 0 spiro atoms. The predicted octanol–water partition coefficient (Wildman–Crippen LogP) is 3.67. The second-order valence-electron chi connectivity index (χ2n) is 5.05. The first-order valence-corrected chi connectivity index (χ1v) is 6.67.